The zero-order valence-electron chi connectivity index (χ0n) is 10.2. The van der Waals surface area contributed by atoms with Gasteiger partial charge in [0.15, 0.2) is 0 Å². The maximum atomic E-state index is 11.8. The Labute approximate surface area is 118 Å². The number of aromatic carboxylic acids is 1. The smallest absolute Gasteiger partial charge is 0.339 e. The normalized spacial score (nSPS) is 10.6. The van der Waals surface area contributed by atoms with Crippen molar-refractivity contribution in [2.75, 3.05) is 18.5 Å². The zero-order valence-corrected chi connectivity index (χ0v) is 11.0. The van der Waals surface area contributed by atoms with Gasteiger partial charge in [-0.05, 0) is 12.1 Å². The summed E-state index contributed by atoms with van der Waals surface area (Å²) in [6.45, 7) is -0.927. The third-order valence-electron chi connectivity index (χ3n) is 2.22. The summed E-state index contributed by atoms with van der Waals surface area (Å²) in [5.41, 5.74) is -0.181. The van der Waals surface area contributed by atoms with Crippen LogP contribution < -0.4 is 5.32 Å². The first-order valence-corrected chi connectivity index (χ1v) is 5.97. The van der Waals surface area contributed by atoms with Crippen LogP contribution in [0.4, 0.5) is 14.5 Å². The number of anilines is 1. The molecular weight excluding hydrogens is 296 g/mol. The predicted molar refractivity (Wildman–Crippen MR) is 68.5 cm³/mol. The summed E-state index contributed by atoms with van der Waals surface area (Å²) >= 11 is 5.73. The van der Waals surface area contributed by atoms with Crippen LogP contribution in [-0.4, -0.2) is 36.6 Å². The van der Waals surface area contributed by atoms with E-state index in [1.54, 1.807) is 0 Å². The van der Waals surface area contributed by atoms with E-state index in [1.807, 2.05) is 0 Å². The molecule has 2 N–H and O–H groups in total. The molecule has 1 rings (SSSR count). The van der Waals surface area contributed by atoms with Crippen molar-refractivity contribution in [2.24, 2.45) is 0 Å². The minimum Gasteiger partial charge on any atom is -0.478 e. The van der Waals surface area contributed by atoms with Crippen molar-refractivity contribution in [3.63, 3.8) is 0 Å². The molecule has 20 heavy (non-hydrogen) atoms. The van der Waals surface area contributed by atoms with Crippen LogP contribution in [-0.2, 0) is 9.53 Å². The van der Waals surface area contributed by atoms with Gasteiger partial charge in [-0.2, -0.15) is 0 Å². The van der Waals surface area contributed by atoms with Crippen LogP contribution in [0, 0.1) is 0 Å². The quantitative estimate of drug-likeness (QED) is 0.759. The summed E-state index contributed by atoms with van der Waals surface area (Å²) in [6.07, 6.45) is -2.76. The van der Waals surface area contributed by atoms with Gasteiger partial charge >= 0.3 is 5.97 Å². The van der Waals surface area contributed by atoms with Gasteiger partial charge in [-0.25, -0.2) is 13.6 Å². The fourth-order valence-corrected chi connectivity index (χ4v) is 1.65. The Morgan fingerprint density at radius 2 is 2.10 bits per heavy atom. The molecule has 0 unspecified atom stereocenters. The number of carbonyl (C=O) groups excluding carboxylic acids is 1. The molecule has 0 atom stereocenters. The van der Waals surface area contributed by atoms with E-state index in [2.05, 4.69) is 10.1 Å². The Hall–Kier alpha value is -1.73. The molecule has 0 radical (unpaired) electrons. The summed E-state index contributed by atoms with van der Waals surface area (Å²) in [7, 11) is 0. The number of nitrogens with one attached hydrogen (secondary N) is 1. The molecule has 0 aliphatic rings. The molecule has 0 heterocycles. The molecule has 1 aromatic carbocycles. The van der Waals surface area contributed by atoms with Crippen molar-refractivity contribution >= 4 is 29.2 Å². The van der Waals surface area contributed by atoms with Crippen LogP contribution >= 0.6 is 11.6 Å². The molecule has 1 aromatic rings. The van der Waals surface area contributed by atoms with Gasteiger partial charge in [-0.15, -0.1) is 0 Å². The van der Waals surface area contributed by atoms with Crippen LogP contribution in [0.5, 0.6) is 0 Å². The number of halogens is 3. The number of hydrogen-bond donors (Lipinski definition) is 2. The van der Waals surface area contributed by atoms with E-state index < -0.39 is 24.9 Å². The van der Waals surface area contributed by atoms with Crippen LogP contribution in [0.2, 0.25) is 5.02 Å². The highest BCUT2D eigenvalue weighted by Gasteiger charge is 2.16. The minimum absolute atomic E-state index is 0.00995. The van der Waals surface area contributed by atoms with E-state index >= 15 is 0 Å². The number of benzene rings is 1. The number of carbonyl (C=O) groups is 2. The van der Waals surface area contributed by atoms with E-state index in [4.69, 9.17) is 16.7 Å². The number of alkyl halides is 2. The van der Waals surface area contributed by atoms with E-state index in [-0.39, 0.29) is 29.3 Å². The van der Waals surface area contributed by atoms with E-state index in [1.165, 1.54) is 18.2 Å². The molecule has 0 aliphatic heterocycles. The molecule has 5 nitrogen and oxygen atoms in total. The highest BCUT2D eigenvalue weighted by atomic mass is 35.5. The monoisotopic (exact) mass is 307 g/mol. The Bertz CT molecular complexity index is 496. The Morgan fingerprint density at radius 3 is 2.70 bits per heavy atom. The molecular formula is C12H12ClF2NO4. The van der Waals surface area contributed by atoms with Gasteiger partial charge in [0.2, 0.25) is 5.91 Å². The average molecular weight is 308 g/mol. The van der Waals surface area contributed by atoms with Gasteiger partial charge in [0.25, 0.3) is 6.43 Å². The molecule has 0 saturated heterocycles. The third-order valence-corrected chi connectivity index (χ3v) is 2.53. The van der Waals surface area contributed by atoms with Gasteiger partial charge in [-0.3, -0.25) is 4.79 Å². The Morgan fingerprint density at radius 1 is 1.40 bits per heavy atom. The van der Waals surface area contributed by atoms with Gasteiger partial charge in [-0.1, -0.05) is 17.7 Å². The second-order valence-electron chi connectivity index (χ2n) is 3.73. The predicted octanol–water partition coefficient (Wildman–Crippen LogP) is 2.65. The van der Waals surface area contributed by atoms with E-state index in [0.29, 0.717) is 0 Å². The summed E-state index contributed by atoms with van der Waals surface area (Å²) in [5, 5.41) is 11.3. The molecule has 0 aromatic heterocycles. The number of amides is 1. The lowest BCUT2D eigenvalue weighted by Gasteiger charge is -2.09. The second-order valence-corrected chi connectivity index (χ2v) is 4.14. The molecule has 0 aliphatic carbocycles. The molecule has 0 spiro atoms. The summed E-state index contributed by atoms with van der Waals surface area (Å²) < 4.78 is 28.1. The number of carboxylic acid groups (broad SMARTS) is 1. The van der Waals surface area contributed by atoms with Crippen LogP contribution in [0.25, 0.3) is 0 Å². The van der Waals surface area contributed by atoms with E-state index in [0.717, 1.165) is 0 Å². The lowest BCUT2D eigenvalue weighted by molar-refractivity contribution is -0.117. The summed E-state index contributed by atoms with van der Waals surface area (Å²) in [6, 6.07) is 4.25. The Balaban J connectivity index is 2.58. The van der Waals surface area contributed by atoms with Crippen LogP contribution in [0.3, 0.4) is 0 Å². The number of carboxylic acids is 1. The molecule has 8 heteroatoms. The number of ether oxygens (including phenoxy) is 1. The Kier molecular flexibility index (Phi) is 6.33. The van der Waals surface area contributed by atoms with Crippen molar-refractivity contribution in [2.45, 2.75) is 12.8 Å². The van der Waals surface area contributed by atoms with Crippen molar-refractivity contribution in [1.29, 1.82) is 0 Å². The molecule has 0 bridgehead atoms. The van der Waals surface area contributed by atoms with Gasteiger partial charge in [0.1, 0.15) is 12.2 Å². The first-order valence-electron chi connectivity index (χ1n) is 5.59. The highest BCUT2D eigenvalue weighted by molar-refractivity contribution is 6.34. The maximum Gasteiger partial charge on any atom is 0.339 e. The van der Waals surface area contributed by atoms with Crippen molar-refractivity contribution in [3.05, 3.63) is 28.8 Å². The maximum absolute atomic E-state index is 11.8. The lowest BCUT2D eigenvalue weighted by Crippen LogP contribution is -2.17. The molecule has 0 fully saturated rings. The number of rotatable bonds is 7. The standard InChI is InChI=1S/C12H12ClF2NO4/c13-7-2-1-3-8(11(7)12(18)19)16-10(17)4-5-20-6-9(14)15/h1-3,9H,4-6H2,(H,16,17)(H,18,19). The summed E-state index contributed by atoms with van der Waals surface area (Å²) in [5.74, 6) is -1.83. The first kappa shape index (κ1) is 16.3. The van der Waals surface area contributed by atoms with Crippen molar-refractivity contribution < 1.29 is 28.2 Å². The number of hydrogen-bond acceptors (Lipinski definition) is 3. The van der Waals surface area contributed by atoms with E-state index in [9.17, 15) is 18.4 Å². The largest absolute Gasteiger partial charge is 0.478 e. The lowest BCUT2D eigenvalue weighted by atomic mass is 10.1. The second kappa shape index (κ2) is 7.76. The summed E-state index contributed by atoms with van der Waals surface area (Å²) in [4.78, 5) is 22.5. The van der Waals surface area contributed by atoms with Crippen LogP contribution in [0.15, 0.2) is 18.2 Å². The molecule has 110 valence electrons. The fraction of sp³-hybridized carbons (Fsp3) is 0.333. The van der Waals surface area contributed by atoms with Gasteiger partial charge in [0.05, 0.1) is 23.7 Å². The van der Waals surface area contributed by atoms with Gasteiger partial charge in [0, 0.05) is 0 Å². The average Bonchev–Trinajstić information content (AvgIpc) is 2.34. The topological polar surface area (TPSA) is 75.6 Å². The van der Waals surface area contributed by atoms with Crippen molar-refractivity contribution in [3.8, 4) is 0 Å². The van der Waals surface area contributed by atoms with Crippen LogP contribution in [0.1, 0.15) is 16.8 Å². The molecule has 0 saturated carbocycles. The minimum atomic E-state index is -2.59. The molecule has 1 amide bonds. The van der Waals surface area contributed by atoms with Gasteiger partial charge < -0.3 is 15.2 Å². The highest BCUT2D eigenvalue weighted by Crippen LogP contribution is 2.24. The van der Waals surface area contributed by atoms with Crippen molar-refractivity contribution in [1.82, 2.24) is 0 Å². The SMILES string of the molecule is O=C(CCOCC(F)F)Nc1cccc(Cl)c1C(=O)O. The fourth-order valence-electron chi connectivity index (χ4n) is 1.40. The third kappa shape index (κ3) is 5.10. The zero-order chi connectivity index (χ0) is 15.1. The first-order chi connectivity index (χ1) is 9.41.